The van der Waals surface area contributed by atoms with E-state index >= 15 is 0 Å². The first-order valence-electron chi connectivity index (χ1n) is 3.12. The first kappa shape index (κ1) is 6.81. The van der Waals surface area contributed by atoms with E-state index in [-0.39, 0.29) is 0 Å². The van der Waals surface area contributed by atoms with Crippen LogP contribution in [0.3, 0.4) is 0 Å². The van der Waals surface area contributed by atoms with Crippen LogP contribution < -0.4 is 0 Å². The largest absolute Gasteiger partial charge is 0.348 e. The summed E-state index contributed by atoms with van der Waals surface area (Å²) in [5, 5.41) is 0. The van der Waals surface area contributed by atoms with Crippen LogP contribution in [-0.4, -0.2) is 9.97 Å². The second kappa shape index (κ2) is 3.67. The number of allylic oxidation sites excluding steroid dienone is 3. The molecule has 2 nitrogen and oxygen atoms in total. The Morgan fingerprint density at radius 1 is 1.70 bits per heavy atom. The van der Waals surface area contributed by atoms with Gasteiger partial charge in [-0.05, 0) is 0 Å². The van der Waals surface area contributed by atoms with Crippen molar-refractivity contribution in [1.82, 2.24) is 9.97 Å². The minimum atomic E-state index is 0.806. The minimum Gasteiger partial charge on any atom is -0.348 e. The number of imidazole rings is 1. The summed E-state index contributed by atoms with van der Waals surface area (Å²) in [4.78, 5) is 7.01. The average Bonchev–Trinajstić information content (AvgIpc) is 2.41. The predicted octanol–water partition coefficient (Wildman–Crippen LogP) is 1.50. The van der Waals surface area contributed by atoms with Crippen LogP contribution in [0.1, 0.15) is 5.82 Å². The Kier molecular flexibility index (Phi) is 2.49. The molecule has 0 bridgehead atoms. The lowest BCUT2D eigenvalue weighted by Crippen LogP contribution is -1.81. The standard InChI is InChI=1S/C8H9N2/c1-2-3-4-5-8-9-6-7-10-8/h1-4,6-7H,5H2,(H,9,10)/b2-1?,4-3+. The fraction of sp³-hybridized carbons (Fsp3) is 0.125. The molecule has 0 spiro atoms. The van der Waals surface area contributed by atoms with Gasteiger partial charge < -0.3 is 4.98 Å². The second-order valence-corrected chi connectivity index (χ2v) is 1.86. The van der Waals surface area contributed by atoms with Gasteiger partial charge in [-0.1, -0.05) is 24.8 Å². The zero-order chi connectivity index (χ0) is 7.23. The average molecular weight is 133 g/mol. The zero-order valence-electron chi connectivity index (χ0n) is 5.62. The molecule has 2 heteroatoms. The second-order valence-electron chi connectivity index (χ2n) is 1.86. The molecular weight excluding hydrogens is 124 g/mol. The summed E-state index contributed by atoms with van der Waals surface area (Å²) in [5.41, 5.74) is 0. The van der Waals surface area contributed by atoms with Crippen LogP contribution in [0.2, 0.25) is 0 Å². The first-order valence-corrected chi connectivity index (χ1v) is 3.12. The van der Waals surface area contributed by atoms with Crippen molar-refractivity contribution < 1.29 is 0 Å². The molecule has 0 amide bonds. The highest BCUT2D eigenvalue weighted by atomic mass is 14.9. The van der Waals surface area contributed by atoms with Gasteiger partial charge in [-0.2, -0.15) is 0 Å². The van der Waals surface area contributed by atoms with Crippen LogP contribution in [0.25, 0.3) is 0 Å². The third kappa shape index (κ3) is 1.90. The number of hydrogen-bond acceptors (Lipinski definition) is 1. The summed E-state index contributed by atoms with van der Waals surface area (Å²) in [6, 6.07) is 0. The number of H-pyrrole nitrogens is 1. The normalized spacial score (nSPS) is 10.4. The Morgan fingerprint density at radius 2 is 2.60 bits per heavy atom. The van der Waals surface area contributed by atoms with E-state index in [0.29, 0.717) is 0 Å². The van der Waals surface area contributed by atoms with Crippen molar-refractivity contribution in [2.75, 3.05) is 0 Å². The maximum Gasteiger partial charge on any atom is 0.109 e. The molecule has 1 radical (unpaired) electrons. The molecule has 0 unspecified atom stereocenters. The smallest absolute Gasteiger partial charge is 0.109 e. The van der Waals surface area contributed by atoms with Crippen LogP contribution in [-0.2, 0) is 6.42 Å². The van der Waals surface area contributed by atoms with Gasteiger partial charge in [0.2, 0.25) is 0 Å². The van der Waals surface area contributed by atoms with E-state index in [2.05, 4.69) is 9.97 Å². The van der Waals surface area contributed by atoms with Crippen molar-refractivity contribution >= 4 is 0 Å². The molecule has 10 heavy (non-hydrogen) atoms. The van der Waals surface area contributed by atoms with Crippen molar-refractivity contribution in [1.29, 1.82) is 0 Å². The van der Waals surface area contributed by atoms with Crippen molar-refractivity contribution in [3.05, 3.63) is 43.0 Å². The molecule has 0 aliphatic rings. The van der Waals surface area contributed by atoms with Crippen LogP contribution in [0.4, 0.5) is 0 Å². The lowest BCUT2D eigenvalue weighted by Gasteiger charge is -1.84. The lowest BCUT2D eigenvalue weighted by molar-refractivity contribution is 1.06. The quantitative estimate of drug-likeness (QED) is 0.622. The van der Waals surface area contributed by atoms with Gasteiger partial charge >= 0.3 is 0 Å². The maximum absolute atomic E-state index is 5.13. The molecule has 0 saturated heterocycles. The number of aromatic nitrogens is 2. The van der Waals surface area contributed by atoms with Crippen molar-refractivity contribution in [2.24, 2.45) is 0 Å². The highest BCUT2D eigenvalue weighted by Gasteiger charge is 1.86. The topological polar surface area (TPSA) is 28.7 Å². The molecule has 0 atom stereocenters. The monoisotopic (exact) mass is 133 g/mol. The molecule has 1 aromatic heterocycles. The van der Waals surface area contributed by atoms with E-state index in [9.17, 15) is 0 Å². The predicted molar refractivity (Wildman–Crippen MR) is 40.3 cm³/mol. The van der Waals surface area contributed by atoms with Gasteiger partial charge in [0.15, 0.2) is 0 Å². The van der Waals surface area contributed by atoms with Gasteiger partial charge in [-0.15, -0.1) is 0 Å². The molecule has 0 fully saturated rings. The van der Waals surface area contributed by atoms with Gasteiger partial charge in [-0.3, -0.25) is 0 Å². The number of rotatable bonds is 3. The maximum atomic E-state index is 5.13. The van der Waals surface area contributed by atoms with Crippen LogP contribution in [0.5, 0.6) is 0 Å². The molecule has 1 aromatic rings. The van der Waals surface area contributed by atoms with Crippen molar-refractivity contribution in [3.63, 3.8) is 0 Å². The summed E-state index contributed by atoms with van der Waals surface area (Å²) < 4.78 is 0. The Hall–Kier alpha value is -1.31. The lowest BCUT2D eigenvalue weighted by atomic mass is 10.3. The number of hydrogen-bond donors (Lipinski definition) is 1. The summed E-state index contributed by atoms with van der Waals surface area (Å²) in [7, 11) is 0. The molecular formula is C8H9N2. The third-order valence-corrected chi connectivity index (χ3v) is 1.11. The van der Waals surface area contributed by atoms with Gasteiger partial charge in [0.25, 0.3) is 0 Å². The molecule has 0 aliphatic carbocycles. The van der Waals surface area contributed by atoms with Crippen LogP contribution >= 0.6 is 0 Å². The van der Waals surface area contributed by atoms with E-state index in [1.807, 2.05) is 6.08 Å². The Bertz CT molecular complexity index is 209. The molecule has 1 N–H and O–H groups in total. The molecule has 0 saturated carbocycles. The summed E-state index contributed by atoms with van der Waals surface area (Å²) in [5.74, 6) is 0.957. The van der Waals surface area contributed by atoms with Crippen molar-refractivity contribution in [3.8, 4) is 0 Å². The molecule has 0 aromatic carbocycles. The highest BCUT2D eigenvalue weighted by molar-refractivity contribution is 5.01. The van der Waals surface area contributed by atoms with E-state index in [4.69, 9.17) is 6.58 Å². The van der Waals surface area contributed by atoms with E-state index in [1.54, 1.807) is 18.5 Å². The summed E-state index contributed by atoms with van der Waals surface area (Å²) >= 11 is 0. The number of aromatic amines is 1. The van der Waals surface area contributed by atoms with Gasteiger partial charge in [0, 0.05) is 18.8 Å². The highest BCUT2D eigenvalue weighted by Crippen LogP contribution is 1.90. The fourth-order valence-corrected chi connectivity index (χ4v) is 0.668. The van der Waals surface area contributed by atoms with Crippen LogP contribution in [0.15, 0.2) is 30.6 Å². The van der Waals surface area contributed by atoms with E-state index < -0.39 is 0 Å². The van der Waals surface area contributed by atoms with E-state index in [0.717, 1.165) is 12.2 Å². The third-order valence-electron chi connectivity index (χ3n) is 1.11. The Labute approximate surface area is 60.3 Å². The number of nitrogens with one attached hydrogen (secondary N) is 1. The molecule has 0 aliphatic heterocycles. The molecule has 51 valence electrons. The van der Waals surface area contributed by atoms with Gasteiger partial charge in [0.05, 0.1) is 0 Å². The molecule has 1 rings (SSSR count). The van der Waals surface area contributed by atoms with E-state index in [1.165, 1.54) is 6.08 Å². The summed E-state index contributed by atoms with van der Waals surface area (Å²) in [6.07, 6.45) is 9.58. The molecule has 1 heterocycles. The summed E-state index contributed by atoms with van der Waals surface area (Å²) in [6.45, 7) is 5.13. The van der Waals surface area contributed by atoms with Crippen molar-refractivity contribution in [2.45, 2.75) is 6.42 Å². The number of nitrogens with zero attached hydrogens (tertiary/aromatic N) is 1. The Balaban J connectivity index is 2.41. The van der Waals surface area contributed by atoms with Gasteiger partial charge in [-0.25, -0.2) is 4.98 Å². The SMILES string of the molecule is [CH]=C/C=C/Cc1ncc[nH]1. The Morgan fingerprint density at radius 3 is 3.20 bits per heavy atom. The minimum absolute atomic E-state index is 0.806. The first-order chi connectivity index (χ1) is 4.93. The fourth-order valence-electron chi connectivity index (χ4n) is 0.668. The zero-order valence-corrected chi connectivity index (χ0v) is 5.62. The van der Waals surface area contributed by atoms with Crippen LogP contribution in [0, 0.1) is 6.58 Å². The van der Waals surface area contributed by atoms with Gasteiger partial charge in [0.1, 0.15) is 5.82 Å².